The molecule has 17 heavy (non-hydrogen) atoms. The van der Waals surface area contributed by atoms with Crippen molar-refractivity contribution in [3.05, 3.63) is 42.0 Å². The zero-order chi connectivity index (χ0) is 12.1. The minimum Gasteiger partial charge on any atom is -0.481 e. The molecular formula is C14H17NO2. The van der Waals surface area contributed by atoms with E-state index in [1.165, 1.54) is 17.7 Å². The monoisotopic (exact) mass is 231 g/mol. The Morgan fingerprint density at radius 2 is 2.18 bits per heavy atom. The molecule has 0 amide bonds. The summed E-state index contributed by atoms with van der Waals surface area (Å²) in [7, 11) is 0. The highest BCUT2D eigenvalue weighted by Gasteiger charge is 2.14. The van der Waals surface area contributed by atoms with Crippen LogP contribution in [0.5, 0.6) is 0 Å². The first-order valence-electron chi connectivity index (χ1n) is 5.97. The van der Waals surface area contributed by atoms with Crippen LogP contribution in [-0.2, 0) is 11.2 Å². The van der Waals surface area contributed by atoms with Gasteiger partial charge in [0.2, 0.25) is 0 Å². The third-order valence-corrected chi connectivity index (χ3v) is 2.99. The molecule has 2 rings (SSSR count). The van der Waals surface area contributed by atoms with Crippen molar-refractivity contribution in [2.45, 2.75) is 19.3 Å². The summed E-state index contributed by atoms with van der Waals surface area (Å²) >= 11 is 0. The molecule has 0 spiro atoms. The van der Waals surface area contributed by atoms with Crippen molar-refractivity contribution in [3.8, 4) is 0 Å². The lowest BCUT2D eigenvalue weighted by atomic mass is 10.0. The third-order valence-electron chi connectivity index (χ3n) is 2.99. The van der Waals surface area contributed by atoms with E-state index >= 15 is 0 Å². The topological polar surface area (TPSA) is 40.5 Å². The number of hydrogen-bond donors (Lipinski definition) is 1. The number of para-hydroxylation sites is 1. The van der Waals surface area contributed by atoms with Gasteiger partial charge in [0.05, 0.1) is 6.42 Å². The molecule has 0 atom stereocenters. The average Bonchev–Trinajstić information content (AvgIpc) is 2.34. The molecule has 90 valence electrons. The lowest BCUT2D eigenvalue weighted by Gasteiger charge is -2.30. The standard InChI is InChI=1S/C14H17NO2/c16-14(17)9-3-4-10-15-11-5-7-12-6-1-2-8-13(12)15/h1-4,6,8H,5,7,9-11H2,(H,16,17)/b4-3+. The van der Waals surface area contributed by atoms with Gasteiger partial charge in [0, 0.05) is 18.8 Å². The number of nitrogens with zero attached hydrogens (tertiary/aromatic N) is 1. The second-order valence-electron chi connectivity index (χ2n) is 4.25. The van der Waals surface area contributed by atoms with E-state index in [0.29, 0.717) is 0 Å². The third kappa shape index (κ3) is 3.09. The van der Waals surface area contributed by atoms with Crippen molar-refractivity contribution < 1.29 is 9.90 Å². The number of carboxylic acid groups (broad SMARTS) is 1. The first-order valence-corrected chi connectivity index (χ1v) is 5.97. The number of benzene rings is 1. The fraction of sp³-hybridized carbons (Fsp3) is 0.357. The number of aliphatic carboxylic acids is 1. The van der Waals surface area contributed by atoms with Crippen molar-refractivity contribution in [1.29, 1.82) is 0 Å². The molecule has 0 fully saturated rings. The second kappa shape index (κ2) is 5.53. The molecule has 1 N–H and O–H groups in total. The van der Waals surface area contributed by atoms with Gasteiger partial charge < -0.3 is 10.0 Å². The number of hydrogen-bond acceptors (Lipinski definition) is 2. The van der Waals surface area contributed by atoms with Gasteiger partial charge in [0.15, 0.2) is 0 Å². The van der Waals surface area contributed by atoms with Crippen LogP contribution < -0.4 is 4.90 Å². The highest BCUT2D eigenvalue weighted by molar-refractivity contribution is 5.68. The number of fused-ring (bicyclic) bond motifs is 1. The second-order valence-corrected chi connectivity index (χ2v) is 4.25. The van der Waals surface area contributed by atoms with Crippen molar-refractivity contribution in [3.63, 3.8) is 0 Å². The minimum absolute atomic E-state index is 0.107. The number of carbonyl (C=O) groups is 1. The summed E-state index contributed by atoms with van der Waals surface area (Å²) in [5.74, 6) is -0.778. The highest BCUT2D eigenvalue weighted by Crippen LogP contribution is 2.26. The van der Waals surface area contributed by atoms with Gasteiger partial charge >= 0.3 is 5.97 Å². The van der Waals surface area contributed by atoms with E-state index in [9.17, 15) is 4.79 Å². The Morgan fingerprint density at radius 1 is 1.35 bits per heavy atom. The number of aryl methyl sites for hydroxylation is 1. The molecular weight excluding hydrogens is 214 g/mol. The Balaban J connectivity index is 1.99. The SMILES string of the molecule is O=C(O)C/C=C/CN1CCCc2ccccc21. The molecule has 0 saturated carbocycles. The van der Waals surface area contributed by atoms with Gasteiger partial charge in [0.25, 0.3) is 0 Å². The van der Waals surface area contributed by atoms with Crippen molar-refractivity contribution in [2.75, 3.05) is 18.0 Å². The van der Waals surface area contributed by atoms with Crippen LogP contribution in [0.25, 0.3) is 0 Å². The Hall–Kier alpha value is -1.77. The maximum atomic E-state index is 10.4. The predicted molar refractivity (Wildman–Crippen MR) is 68.4 cm³/mol. The van der Waals surface area contributed by atoms with Crippen LogP contribution in [0.15, 0.2) is 36.4 Å². The molecule has 0 aromatic heterocycles. The Morgan fingerprint density at radius 3 is 3.00 bits per heavy atom. The summed E-state index contributed by atoms with van der Waals surface area (Å²) < 4.78 is 0. The van der Waals surface area contributed by atoms with Crippen LogP contribution in [0.2, 0.25) is 0 Å². The predicted octanol–water partition coefficient (Wildman–Crippen LogP) is 2.47. The summed E-state index contributed by atoms with van der Waals surface area (Å²) in [4.78, 5) is 12.7. The first kappa shape index (κ1) is 11.7. The van der Waals surface area contributed by atoms with Crippen LogP contribution in [0, 0.1) is 0 Å². The molecule has 0 radical (unpaired) electrons. The van der Waals surface area contributed by atoms with Crippen molar-refractivity contribution >= 4 is 11.7 Å². The highest BCUT2D eigenvalue weighted by atomic mass is 16.4. The normalized spacial score (nSPS) is 14.9. The largest absolute Gasteiger partial charge is 0.481 e. The minimum atomic E-state index is -0.778. The van der Waals surface area contributed by atoms with Gasteiger partial charge in [-0.3, -0.25) is 4.79 Å². The van der Waals surface area contributed by atoms with E-state index in [4.69, 9.17) is 5.11 Å². The summed E-state index contributed by atoms with van der Waals surface area (Å²) in [5, 5.41) is 8.54. The Bertz CT molecular complexity index is 426. The molecule has 0 bridgehead atoms. The van der Waals surface area contributed by atoms with Crippen molar-refractivity contribution in [1.82, 2.24) is 0 Å². The summed E-state index contributed by atoms with van der Waals surface area (Å²) in [6.45, 7) is 1.85. The lowest BCUT2D eigenvalue weighted by Crippen LogP contribution is -2.29. The van der Waals surface area contributed by atoms with Gasteiger partial charge in [-0.05, 0) is 24.5 Å². The van der Waals surface area contributed by atoms with Crippen molar-refractivity contribution in [2.24, 2.45) is 0 Å². The van der Waals surface area contributed by atoms with Gasteiger partial charge in [-0.15, -0.1) is 0 Å². The van der Waals surface area contributed by atoms with Gasteiger partial charge in [-0.1, -0.05) is 30.4 Å². The van der Waals surface area contributed by atoms with E-state index < -0.39 is 5.97 Å². The lowest BCUT2D eigenvalue weighted by molar-refractivity contribution is -0.136. The van der Waals surface area contributed by atoms with Crippen LogP contribution in [0.3, 0.4) is 0 Å². The fourth-order valence-electron chi connectivity index (χ4n) is 2.19. The van der Waals surface area contributed by atoms with Gasteiger partial charge in [-0.25, -0.2) is 0 Å². The molecule has 1 aliphatic rings. The number of rotatable bonds is 4. The number of carboxylic acids is 1. The molecule has 1 aliphatic heterocycles. The van der Waals surface area contributed by atoms with Gasteiger partial charge in [0.1, 0.15) is 0 Å². The molecule has 0 unspecified atom stereocenters. The van der Waals surface area contributed by atoms with Crippen LogP contribution in [-0.4, -0.2) is 24.2 Å². The maximum absolute atomic E-state index is 10.4. The number of anilines is 1. The van der Waals surface area contributed by atoms with Gasteiger partial charge in [-0.2, -0.15) is 0 Å². The first-order chi connectivity index (χ1) is 8.27. The molecule has 1 aromatic carbocycles. The Kier molecular flexibility index (Phi) is 3.81. The zero-order valence-corrected chi connectivity index (χ0v) is 9.80. The summed E-state index contributed by atoms with van der Waals surface area (Å²) in [5.41, 5.74) is 2.68. The molecule has 3 nitrogen and oxygen atoms in total. The Labute approximate surface area is 101 Å². The zero-order valence-electron chi connectivity index (χ0n) is 9.80. The smallest absolute Gasteiger partial charge is 0.307 e. The fourth-order valence-corrected chi connectivity index (χ4v) is 2.19. The van der Waals surface area contributed by atoms with E-state index in [1.807, 2.05) is 6.08 Å². The average molecular weight is 231 g/mol. The maximum Gasteiger partial charge on any atom is 0.307 e. The summed E-state index contributed by atoms with van der Waals surface area (Å²) in [6, 6.07) is 8.43. The molecule has 1 heterocycles. The molecule has 0 saturated heterocycles. The van der Waals surface area contributed by atoms with E-state index in [-0.39, 0.29) is 6.42 Å². The summed E-state index contributed by atoms with van der Waals surface area (Å²) in [6.07, 6.45) is 6.08. The molecule has 3 heteroatoms. The van der Waals surface area contributed by atoms with E-state index in [2.05, 4.69) is 29.2 Å². The van der Waals surface area contributed by atoms with E-state index in [1.54, 1.807) is 6.08 Å². The quantitative estimate of drug-likeness (QED) is 0.809. The van der Waals surface area contributed by atoms with Crippen LogP contribution >= 0.6 is 0 Å². The molecule has 1 aromatic rings. The van der Waals surface area contributed by atoms with E-state index in [0.717, 1.165) is 19.5 Å². The molecule has 0 aliphatic carbocycles. The van der Waals surface area contributed by atoms with Crippen LogP contribution in [0.4, 0.5) is 5.69 Å². The van der Waals surface area contributed by atoms with Crippen LogP contribution in [0.1, 0.15) is 18.4 Å².